The Morgan fingerprint density at radius 3 is 2.35 bits per heavy atom. The van der Waals surface area contributed by atoms with Crippen molar-refractivity contribution in [2.45, 2.75) is 13.3 Å². The maximum Gasteiger partial charge on any atom is 0.341 e. The lowest BCUT2D eigenvalue weighted by molar-refractivity contribution is -0.116. The smallest absolute Gasteiger partial charge is 0.341 e. The molecule has 0 aliphatic heterocycles. The number of carbonyl (C=O) groups excluding carboxylic acids is 2. The fraction of sp³-hybridized carbons (Fsp3) is 0.182. The number of Topliss-reactive ketones (excluding diaryl/α,β-unsaturated/α-hetero) is 2. The molecule has 1 aromatic carbocycles. The SMILES string of the molecule is CC(=O)CC(=O)c1ccc(O)c(C(=O)O)c1N. The van der Waals surface area contributed by atoms with Gasteiger partial charge in [0.15, 0.2) is 5.78 Å². The van der Waals surface area contributed by atoms with E-state index in [9.17, 15) is 19.5 Å². The van der Waals surface area contributed by atoms with Crippen molar-refractivity contribution in [1.82, 2.24) is 0 Å². The van der Waals surface area contributed by atoms with Gasteiger partial charge in [0.1, 0.15) is 17.1 Å². The number of carboxylic acids is 1. The summed E-state index contributed by atoms with van der Waals surface area (Å²) in [6.07, 6.45) is -0.353. The van der Waals surface area contributed by atoms with Crippen LogP contribution < -0.4 is 5.73 Å². The molecule has 6 heteroatoms. The van der Waals surface area contributed by atoms with Crippen LogP contribution in [0.4, 0.5) is 5.69 Å². The number of aromatic hydroxyl groups is 1. The number of hydrogen-bond acceptors (Lipinski definition) is 5. The van der Waals surface area contributed by atoms with Crippen molar-refractivity contribution < 1.29 is 24.6 Å². The van der Waals surface area contributed by atoms with E-state index < -0.39 is 23.1 Å². The molecule has 6 nitrogen and oxygen atoms in total. The van der Waals surface area contributed by atoms with Crippen LogP contribution in [0.25, 0.3) is 0 Å². The van der Waals surface area contributed by atoms with Crippen LogP contribution in [0.3, 0.4) is 0 Å². The Balaban J connectivity index is 3.28. The predicted molar refractivity (Wildman–Crippen MR) is 59.1 cm³/mol. The van der Waals surface area contributed by atoms with E-state index in [-0.39, 0.29) is 23.5 Å². The molecule has 0 fully saturated rings. The lowest BCUT2D eigenvalue weighted by Gasteiger charge is -2.08. The first kappa shape index (κ1) is 12.7. The summed E-state index contributed by atoms with van der Waals surface area (Å²) in [6, 6.07) is 2.26. The Labute approximate surface area is 96.7 Å². The van der Waals surface area contributed by atoms with E-state index in [0.29, 0.717) is 0 Å². The minimum Gasteiger partial charge on any atom is -0.507 e. The molecule has 0 spiro atoms. The van der Waals surface area contributed by atoms with Gasteiger partial charge in [-0.15, -0.1) is 0 Å². The van der Waals surface area contributed by atoms with E-state index in [1.807, 2.05) is 0 Å². The van der Waals surface area contributed by atoms with Crippen LogP contribution in [0.5, 0.6) is 5.75 Å². The van der Waals surface area contributed by atoms with Crippen molar-refractivity contribution in [2.24, 2.45) is 0 Å². The Morgan fingerprint density at radius 2 is 1.88 bits per heavy atom. The van der Waals surface area contributed by atoms with Crippen LogP contribution >= 0.6 is 0 Å². The lowest BCUT2D eigenvalue weighted by Crippen LogP contribution is -2.12. The van der Waals surface area contributed by atoms with Gasteiger partial charge in [0.25, 0.3) is 0 Å². The van der Waals surface area contributed by atoms with Crippen molar-refractivity contribution in [1.29, 1.82) is 0 Å². The molecule has 90 valence electrons. The first-order valence-corrected chi connectivity index (χ1v) is 4.72. The first-order chi connectivity index (χ1) is 7.84. The maximum absolute atomic E-state index is 11.6. The zero-order chi connectivity index (χ0) is 13.2. The van der Waals surface area contributed by atoms with Crippen LogP contribution in [0.15, 0.2) is 12.1 Å². The van der Waals surface area contributed by atoms with E-state index in [4.69, 9.17) is 10.8 Å². The quantitative estimate of drug-likeness (QED) is 0.405. The third-order valence-corrected chi connectivity index (χ3v) is 2.15. The van der Waals surface area contributed by atoms with Gasteiger partial charge in [-0.3, -0.25) is 9.59 Å². The second kappa shape index (κ2) is 4.65. The molecule has 0 aromatic heterocycles. The Kier molecular flexibility index (Phi) is 3.47. The summed E-state index contributed by atoms with van der Waals surface area (Å²) in [4.78, 5) is 33.2. The predicted octanol–water partition coefficient (Wildman–Crippen LogP) is 0.834. The van der Waals surface area contributed by atoms with Crippen LogP contribution in [0.1, 0.15) is 34.1 Å². The Bertz CT molecular complexity index is 507. The second-order valence-corrected chi connectivity index (χ2v) is 3.53. The zero-order valence-corrected chi connectivity index (χ0v) is 9.06. The third-order valence-electron chi connectivity index (χ3n) is 2.15. The van der Waals surface area contributed by atoms with Gasteiger partial charge in [-0.25, -0.2) is 4.79 Å². The van der Waals surface area contributed by atoms with E-state index in [0.717, 1.165) is 6.07 Å². The molecule has 0 heterocycles. The lowest BCUT2D eigenvalue weighted by atomic mass is 10.0. The highest BCUT2D eigenvalue weighted by Crippen LogP contribution is 2.27. The largest absolute Gasteiger partial charge is 0.507 e. The van der Waals surface area contributed by atoms with Crippen molar-refractivity contribution in [2.75, 3.05) is 5.73 Å². The summed E-state index contributed by atoms with van der Waals surface area (Å²) in [6.45, 7) is 1.24. The maximum atomic E-state index is 11.6. The molecule has 0 amide bonds. The van der Waals surface area contributed by atoms with Crippen LogP contribution in [0.2, 0.25) is 0 Å². The van der Waals surface area contributed by atoms with Gasteiger partial charge in [-0.05, 0) is 19.1 Å². The van der Waals surface area contributed by atoms with Gasteiger partial charge in [0.05, 0.1) is 12.1 Å². The number of nitrogens with two attached hydrogens (primary N) is 1. The highest BCUT2D eigenvalue weighted by Gasteiger charge is 2.20. The summed E-state index contributed by atoms with van der Waals surface area (Å²) >= 11 is 0. The molecular weight excluding hydrogens is 226 g/mol. The van der Waals surface area contributed by atoms with Gasteiger partial charge in [-0.2, -0.15) is 0 Å². The molecule has 0 atom stereocenters. The summed E-state index contributed by atoms with van der Waals surface area (Å²) in [5.41, 5.74) is 4.56. The van der Waals surface area contributed by atoms with Gasteiger partial charge in [0.2, 0.25) is 0 Å². The average Bonchev–Trinajstić information content (AvgIpc) is 2.15. The van der Waals surface area contributed by atoms with Gasteiger partial charge >= 0.3 is 5.97 Å². The summed E-state index contributed by atoms with van der Waals surface area (Å²) in [5, 5.41) is 18.1. The second-order valence-electron chi connectivity index (χ2n) is 3.53. The van der Waals surface area contributed by atoms with Crippen molar-refractivity contribution in [3.05, 3.63) is 23.3 Å². The summed E-state index contributed by atoms with van der Waals surface area (Å²) in [7, 11) is 0. The zero-order valence-electron chi connectivity index (χ0n) is 9.06. The fourth-order valence-corrected chi connectivity index (χ4v) is 1.40. The number of rotatable bonds is 4. The molecule has 0 unspecified atom stereocenters. The molecule has 0 aliphatic rings. The molecular formula is C11H11NO5. The molecule has 4 N–H and O–H groups in total. The first-order valence-electron chi connectivity index (χ1n) is 4.72. The molecule has 0 saturated carbocycles. The standard InChI is InChI=1S/C11H11NO5/c1-5(13)4-8(15)6-2-3-7(14)9(10(6)12)11(16)17/h2-3,14H,4,12H2,1H3,(H,16,17). The van der Waals surface area contributed by atoms with Gasteiger partial charge in [-0.1, -0.05) is 0 Å². The van der Waals surface area contributed by atoms with Crippen LogP contribution in [-0.2, 0) is 4.79 Å². The van der Waals surface area contributed by atoms with E-state index in [1.165, 1.54) is 13.0 Å². The average molecular weight is 237 g/mol. The number of carbonyl (C=O) groups is 3. The van der Waals surface area contributed by atoms with Crippen LogP contribution in [0, 0.1) is 0 Å². The van der Waals surface area contributed by atoms with Gasteiger partial charge in [0, 0.05) is 5.56 Å². The molecule has 1 rings (SSSR count). The highest BCUT2D eigenvalue weighted by molar-refractivity contribution is 6.12. The Hall–Kier alpha value is -2.37. The normalized spacial score (nSPS) is 9.94. The van der Waals surface area contributed by atoms with E-state index in [2.05, 4.69) is 0 Å². The number of hydrogen-bond donors (Lipinski definition) is 3. The third kappa shape index (κ3) is 2.60. The summed E-state index contributed by atoms with van der Waals surface area (Å²) in [5.74, 6) is -2.87. The number of anilines is 1. The highest BCUT2D eigenvalue weighted by atomic mass is 16.4. The number of nitrogen functional groups attached to an aromatic ring is 1. The number of benzene rings is 1. The van der Waals surface area contributed by atoms with Crippen molar-refractivity contribution in [3.63, 3.8) is 0 Å². The topological polar surface area (TPSA) is 118 Å². The fourth-order valence-electron chi connectivity index (χ4n) is 1.40. The van der Waals surface area contributed by atoms with E-state index in [1.54, 1.807) is 0 Å². The Morgan fingerprint density at radius 1 is 1.29 bits per heavy atom. The molecule has 0 saturated heterocycles. The molecule has 0 bridgehead atoms. The number of aromatic carboxylic acids is 1. The summed E-state index contributed by atoms with van der Waals surface area (Å²) < 4.78 is 0. The molecule has 1 aromatic rings. The molecule has 0 radical (unpaired) electrons. The van der Waals surface area contributed by atoms with Crippen molar-refractivity contribution >= 4 is 23.2 Å². The minimum atomic E-state index is -1.43. The van der Waals surface area contributed by atoms with E-state index >= 15 is 0 Å². The molecule has 17 heavy (non-hydrogen) atoms. The minimum absolute atomic E-state index is 0.0737. The number of carboxylic acid groups (broad SMARTS) is 1. The number of phenols is 1. The monoisotopic (exact) mass is 237 g/mol. The van der Waals surface area contributed by atoms with Crippen molar-refractivity contribution in [3.8, 4) is 5.75 Å². The van der Waals surface area contributed by atoms with Crippen LogP contribution in [-0.4, -0.2) is 27.7 Å². The number of ketones is 2. The van der Waals surface area contributed by atoms with Gasteiger partial charge < -0.3 is 15.9 Å². The molecule has 0 aliphatic carbocycles.